The number of benzene rings is 1. The van der Waals surface area contributed by atoms with E-state index < -0.39 is 11.7 Å². The third kappa shape index (κ3) is 2.97. The van der Waals surface area contributed by atoms with E-state index in [2.05, 4.69) is 20.8 Å². The number of hydrogen-bond donors (Lipinski definition) is 0. The van der Waals surface area contributed by atoms with Crippen molar-refractivity contribution in [2.24, 2.45) is 0 Å². The number of Topliss-reactive ketones (excluding diaryl/α,β-unsaturated/α-hetero) is 1. The first kappa shape index (κ1) is 13.2. The number of hydrogen-bond acceptors (Lipinski definition) is 3. The van der Waals surface area contributed by atoms with Gasteiger partial charge < -0.3 is 9.80 Å². The lowest BCUT2D eigenvalue weighted by Gasteiger charge is -2.31. The van der Waals surface area contributed by atoms with E-state index in [1.807, 2.05) is 7.05 Å². The molecule has 1 saturated heterocycles. The molecule has 5 heteroatoms. The van der Waals surface area contributed by atoms with Crippen LogP contribution in [0.1, 0.15) is 10.4 Å². The number of halogens is 1. The third-order valence-electron chi connectivity index (χ3n) is 3.09. The molecule has 0 spiro atoms. The topological polar surface area (TPSA) is 40.6 Å². The Morgan fingerprint density at radius 3 is 2.17 bits per heavy atom. The minimum atomic E-state index is -0.424. The maximum absolute atomic E-state index is 12.0. The molecular formula is C13H15BrN2O2. The molecule has 4 nitrogen and oxygen atoms in total. The molecule has 0 radical (unpaired) electrons. The number of carbonyl (C=O) groups excluding carboxylic acids is 2. The van der Waals surface area contributed by atoms with Gasteiger partial charge in [-0.05, 0) is 31.3 Å². The highest BCUT2D eigenvalue weighted by Crippen LogP contribution is 2.12. The molecule has 0 atom stereocenters. The quantitative estimate of drug-likeness (QED) is 0.612. The lowest BCUT2D eigenvalue weighted by molar-refractivity contribution is -0.127. The molecule has 0 N–H and O–H groups in total. The predicted octanol–water partition coefficient (Wildman–Crippen LogP) is 1.41. The highest BCUT2D eigenvalue weighted by molar-refractivity contribution is 9.10. The summed E-state index contributed by atoms with van der Waals surface area (Å²) in [5.41, 5.74) is 0.446. The first-order valence-electron chi connectivity index (χ1n) is 5.85. The van der Waals surface area contributed by atoms with E-state index >= 15 is 0 Å². The molecule has 0 aromatic heterocycles. The summed E-state index contributed by atoms with van der Waals surface area (Å²) in [6.07, 6.45) is 0. The van der Waals surface area contributed by atoms with E-state index in [0.717, 1.165) is 17.6 Å². The Bertz CT molecular complexity index is 451. The molecule has 2 rings (SSSR count). The molecular weight excluding hydrogens is 296 g/mol. The fourth-order valence-electron chi connectivity index (χ4n) is 1.88. The first-order chi connectivity index (χ1) is 8.58. The van der Waals surface area contributed by atoms with Crippen molar-refractivity contribution in [3.63, 3.8) is 0 Å². The second-order valence-corrected chi connectivity index (χ2v) is 5.35. The number of likely N-dealkylation sites (N-methyl/N-ethyl adjacent to an activating group) is 1. The normalized spacial score (nSPS) is 16.7. The van der Waals surface area contributed by atoms with Crippen LogP contribution in [0.4, 0.5) is 0 Å². The fourth-order valence-corrected chi connectivity index (χ4v) is 2.14. The summed E-state index contributed by atoms with van der Waals surface area (Å²) in [6.45, 7) is 2.88. The largest absolute Gasteiger partial charge is 0.333 e. The zero-order valence-corrected chi connectivity index (χ0v) is 11.8. The van der Waals surface area contributed by atoms with Crippen LogP contribution in [0, 0.1) is 0 Å². The highest BCUT2D eigenvalue weighted by atomic mass is 79.9. The van der Waals surface area contributed by atoms with Gasteiger partial charge in [0.25, 0.3) is 5.91 Å². The average Bonchev–Trinajstić information content (AvgIpc) is 2.39. The van der Waals surface area contributed by atoms with Crippen LogP contribution in [-0.2, 0) is 4.79 Å². The van der Waals surface area contributed by atoms with Crippen LogP contribution in [0.3, 0.4) is 0 Å². The van der Waals surface area contributed by atoms with Crippen LogP contribution in [0.5, 0.6) is 0 Å². The van der Waals surface area contributed by atoms with Gasteiger partial charge in [0.05, 0.1) is 0 Å². The van der Waals surface area contributed by atoms with Crippen molar-refractivity contribution in [1.82, 2.24) is 9.80 Å². The monoisotopic (exact) mass is 310 g/mol. The van der Waals surface area contributed by atoms with Crippen molar-refractivity contribution >= 4 is 27.6 Å². The molecule has 18 heavy (non-hydrogen) atoms. The zero-order valence-electron chi connectivity index (χ0n) is 10.2. The maximum Gasteiger partial charge on any atom is 0.295 e. The molecule has 1 amide bonds. The average molecular weight is 311 g/mol. The third-order valence-corrected chi connectivity index (χ3v) is 3.62. The predicted molar refractivity (Wildman–Crippen MR) is 72.5 cm³/mol. The number of rotatable bonds is 2. The van der Waals surface area contributed by atoms with Crippen LogP contribution in [0.25, 0.3) is 0 Å². The molecule has 0 saturated carbocycles. The molecule has 1 aliphatic rings. The molecule has 1 fully saturated rings. The Balaban J connectivity index is 2.05. The number of amides is 1. The van der Waals surface area contributed by atoms with Crippen molar-refractivity contribution in [3.8, 4) is 0 Å². The molecule has 1 heterocycles. The van der Waals surface area contributed by atoms with Crippen molar-refractivity contribution in [1.29, 1.82) is 0 Å². The van der Waals surface area contributed by atoms with Crippen molar-refractivity contribution in [3.05, 3.63) is 34.3 Å². The standard InChI is InChI=1S/C13H15BrN2O2/c1-15-6-8-16(9-7-15)13(18)12(17)10-2-4-11(14)5-3-10/h2-5H,6-9H2,1H3. The van der Waals surface area contributed by atoms with Gasteiger partial charge in [-0.1, -0.05) is 15.9 Å². The summed E-state index contributed by atoms with van der Waals surface area (Å²) in [5.74, 6) is -0.822. The van der Waals surface area contributed by atoms with Gasteiger partial charge in [0, 0.05) is 36.2 Å². The Morgan fingerprint density at radius 2 is 1.61 bits per heavy atom. The van der Waals surface area contributed by atoms with Gasteiger partial charge >= 0.3 is 0 Å². The van der Waals surface area contributed by atoms with Gasteiger partial charge in [0.2, 0.25) is 5.78 Å². The van der Waals surface area contributed by atoms with E-state index in [1.54, 1.807) is 29.2 Å². The molecule has 96 valence electrons. The van der Waals surface area contributed by atoms with Crippen LogP contribution in [0.15, 0.2) is 28.7 Å². The van der Waals surface area contributed by atoms with E-state index in [0.29, 0.717) is 18.7 Å². The summed E-state index contributed by atoms with van der Waals surface area (Å²) in [7, 11) is 2.01. The summed E-state index contributed by atoms with van der Waals surface area (Å²) >= 11 is 3.30. The molecule has 0 aliphatic carbocycles. The molecule has 1 aromatic carbocycles. The van der Waals surface area contributed by atoms with Crippen LogP contribution in [-0.4, -0.2) is 54.7 Å². The lowest BCUT2D eigenvalue weighted by Crippen LogP contribution is -2.49. The second-order valence-electron chi connectivity index (χ2n) is 4.43. The summed E-state index contributed by atoms with van der Waals surface area (Å²) < 4.78 is 0.895. The number of ketones is 1. The minimum absolute atomic E-state index is 0.398. The molecule has 1 aromatic rings. The zero-order chi connectivity index (χ0) is 13.1. The Kier molecular flexibility index (Phi) is 4.14. The van der Waals surface area contributed by atoms with Gasteiger partial charge in [-0.15, -0.1) is 0 Å². The number of piperazine rings is 1. The lowest BCUT2D eigenvalue weighted by atomic mass is 10.1. The first-order valence-corrected chi connectivity index (χ1v) is 6.65. The smallest absolute Gasteiger partial charge is 0.295 e. The van der Waals surface area contributed by atoms with Gasteiger partial charge in [-0.3, -0.25) is 9.59 Å². The Morgan fingerprint density at radius 1 is 1.06 bits per heavy atom. The van der Waals surface area contributed by atoms with E-state index in [-0.39, 0.29) is 0 Å². The SMILES string of the molecule is CN1CCN(C(=O)C(=O)c2ccc(Br)cc2)CC1. The van der Waals surface area contributed by atoms with E-state index in [9.17, 15) is 9.59 Å². The van der Waals surface area contributed by atoms with Gasteiger partial charge in [-0.2, -0.15) is 0 Å². The number of nitrogens with zero attached hydrogens (tertiary/aromatic N) is 2. The minimum Gasteiger partial charge on any atom is -0.333 e. The van der Waals surface area contributed by atoms with Gasteiger partial charge in [0.15, 0.2) is 0 Å². The Labute approximate surface area is 115 Å². The fraction of sp³-hybridized carbons (Fsp3) is 0.385. The summed E-state index contributed by atoms with van der Waals surface area (Å²) in [5, 5.41) is 0. The Hall–Kier alpha value is -1.20. The molecule has 1 aliphatic heterocycles. The van der Waals surface area contributed by atoms with Crippen molar-refractivity contribution in [2.75, 3.05) is 33.2 Å². The highest BCUT2D eigenvalue weighted by Gasteiger charge is 2.25. The second kappa shape index (κ2) is 5.63. The van der Waals surface area contributed by atoms with E-state index in [4.69, 9.17) is 0 Å². The van der Waals surface area contributed by atoms with E-state index in [1.165, 1.54) is 0 Å². The van der Waals surface area contributed by atoms with Gasteiger partial charge in [0.1, 0.15) is 0 Å². The van der Waals surface area contributed by atoms with Crippen LogP contribution < -0.4 is 0 Å². The summed E-state index contributed by atoms with van der Waals surface area (Å²) in [6, 6.07) is 6.87. The maximum atomic E-state index is 12.0. The van der Waals surface area contributed by atoms with Crippen molar-refractivity contribution < 1.29 is 9.59 Å². The van der Waals surface area contributed by atoms with Crippen molar-refractivity contribution in [2.45, 2.75) is 0 Å². The summed E-state index contributed by atoms with van der Waals surface area (Å²) in [4.78, 5) is 27.8. The number of carbonyl (C=O) groups is 2. The molecule has 0 unspecified atom stereocenters. The van der Waals surface area contributed by atoms with Crippen LogP contribution >= 0.6 is 15.9 Å². The van der Waals surface area contributed by atoms with Crippen LogP contribution in [0.2, 0.25) is 0 Å². The molecule has 0 bridgehead atoms. The van der Waals surface area contributed by atoms with Gasteiger partial charge in [-0.25, -0.2) is 0 Å².